The average molecular weight is 227 g/mol. The van der Waals surface area contributed by atoms with E-state index in [0.717, 1.165) is 0 Å². The van der Waals surface area contributed by atoms with E-state index in [4.69, 9.17) is 10.5 Å². The van der Waals surface area contributed by atoms with E-state index in [0.29, 0.717) is 11.3 Å². The fourth-order valence-electron chi connectivity index (χ4n) is 1.49. The van der Waals surface area contributed by atoms with Gasteiger partial charge in [-0.25, -0.2) is 4.39 Å². The van der Waals surface area contributed by atoms with Crippen molar-refractivity contribution in [1.29, 1.82) is 0 Å². The molecule has 16 heavy (non-hydrogen) atoms. The number of aliphatic hydroxyl groups excluding tert-OH is 1. The Hall–Kier alpha value is -1.13. The molecule has 3 N–H and O–H groups in total. The van der Waals surface area contributed by atoms with E-state index in [1.165, 1.54) is 13.2 Å². The monoisotopic (exact) mass is 227 g/mol. The Morgan fingerprint density at radius 3 is 2.62 bits per heavy atom. The lowest BCUT2D eigenvalue weighted by Gasteiger charge is -2.30. The largest absolute Gasteiger partial charge is 0.496 e. The Kier molecular flexibility index (Phi) is 3.88. The number of benzene rings is 1. The van der Waals surface area contributed by atoms with Gasteiger partial charge in [-0.15, -0.1) is 0 Å². The van der Waals surface area contributed by atoms with Crippen molar-refractivity contribution in [2.75, 3.05) is 13.7 Å². The van der Waals surface area contributed by atoms with E-state index in [-0.39, 0.29) is 6.61 Å². The lowest BCUT2D eigenvalue weighted by Crippen LogP contribution is -2.33. The highest BCUT2D eigenvalue weighted by Crippen LogP contribution is 2.36. The summed E-state index contributed by atoms with van der Waals surface area (Å²) in [5.41, 5.74) is 5.69. The molecule has 0 saturated heterocycles. The maximum Gasteiger partial charge on any atom is 0.131 e. The predicted molar refractivity (Wildman–Crippen MR) is 60.7 cm³/mol. The van der Waals surface area contributed by atoms with Crippen LogP contribution in [0.5, 0.6) is 5.75 Å². The lowest BCUT2D eigenvalue weighted by molar-refractivity contribution is 0.129. The van der Waals surface area contributed by atoms with Gasteiger partial charge in [0, 0.05) is 23.6 Å². The SMILES string of the molecule is COc1cccc(F)c1[C@H](N)C(C)(C)CO. The van der Waals surface area contributed by atoms with Crippen LogP contribution in [0.25, 0.3) is 0 Å². The van der Waals surface area contributed by atoms with Crippen LogP contribution >= 0.6 is 0 Å². The molecule has 0 amide bonds. The summed E-state index contributed by atoms with van der Waals surface area (Å²) in [6.07, 6.45) is 0. The molecule has 1 rings (SSSR count). The van der Waals surface area contributed by atoms with Gasteiger partial charge in [-0.05, 0) is 12.1 Å². The molecule has 1 aromatic carbocycles. The van der Waals surface area contributed by atoms with Crippen LogP contribution in [0.15, 0.2) is 18.2 Å². The highest BCUT2D eigenvalue weighted by Gasteiger charge is 2.31. The Labute approximate surface area is 95.0 Å². The molecule has 4 heteroatoms. The first-order valence-corrected chi connectivity index (χ1v) is 5.13. The fraction of sp³-hybridized carbons (Fsp3) is 0.500. The zero-order chi connectivity index (χ0) is 12.3. The summed E-state index contributed by atoms with van der Waals surface area (Å²) in [6, 6.07) is 3.95. The van der Waals surface area contributed by atoms with Crippen LogP contribution in [0.1, 0.15) is 25.5 Å². The summed E-state index contributed by atoms with van der Waals surface area (Å²) in [6.45, 7) is 3.44. The van der Waals surface area contributed by atoms with Crippen LogP contribution < -0.4 is 10.5 Å². The second-order valence-electron chi connectivity index (χ2n) is 4.48. The van der Waals surface area contributed by atoms with Crippen molar-refractivity contribution in [3.05, 3.63) is 29.6 Å². The van der Waals surface area contributed by atoms with Gasteiger partial charge in [-0.1, -0.05) is 19.9 Å². The maximum absolute atomic E-state index is 13.7. The van der Waals surface area contributed by atoms with E-state index >= 15 is 0 Å². The summed E-state index contributed by atoms with van der Waals surface area (Å²) in [4.78, 5) is 0. The highest BCUT2D eigenvalue weighted by molar-refractivity contribution is 5.38. The van der Waals surface area contributed by atoms with Crippen molar-refractivity contribution in [2.45, 2.75) is 19.9 Å². The third kappa shape index (κ3) is 2.33. The van der Waals surface area contributed by atoms with Gasteiger partial charge in [-0.3, -0.25) is 0 Å². The van der Waals surface area contributed by atoms with Crippen molar-refractivity contribution >= 4 is 0 Å². The van der Waals surface area contributed by atoms with Crippen molar-refractivity contribution in [3.63, 3.8) is 0 Å². The van der Waals surface area contributed by atoms with E-state index < -0.39 is 17.3 Å². The number of nitrogens with two attached hydrogens (primary N) is 1. The number of rotatable bonds is 4. The first-order valence-electron chi connectivity index (χ1n) is 5.13. The molecule has 0 fully saturated rings. The summed E-state index contributed by atoms with van der Waals surface area (Å²) in [5, 5.41) is 9.24. The molecule has 1 aromatic rings. The van der Waals surface area contributed by atoms with Gasteiger partial charge < -0.3 is 15.6 Å². The van der Waals surface area contributed by atoms with E-state index in [1.807, 2.05) is 0 Å². The third-order valence-corrected chi connectivity index (χ3v) is 2.79. The number of halogens is 1. The zero-order valence-electron chi connectivity index (χ0n) is 9.83. The molecule has 0 bridgehead atoms. The number of hydrogen-bond acceptors (Lipinski definition) is 3. The molecule has 3 nitrogen and oxygen atoms in total. The topological polar surface area (TPSA) is 55.5 Å². The van der Waals surface area contributed by atoms with Crippen LogP contribution in [0, 0.1) is 11.2 Å². The van der Waals surface area contributed by atoms with Crippen LogP contribution in [0.3, 0.4) is 0 Å². The second-order valence-corrected chi connectivity index (χ2v) is 4.48. The number of ether oxygens (including phenoxy) is 1. The molecular formula is C12H18FNO2. The quantitative estimate of drug-likeness (QED) is 0.825. The molecule has 0 heterocycles. The summed E-state index contributed by atoms with van der Waals surface area (Å²) in [5.74, 6) is 0.00222. The van der Waals surface area contributed by atoms with Crippen molar-refractivity contribution in [3.8, 4) is 5.75 Å². The van der Waals surface area contributed by atoms with Gasteiger partial charge in [0.1, 0.15) is 11.6 Å². The molecule has 0 saturated carbocycles. The van der Waals surface area contributed by atoms with Crippen molar-refractivity contribution in [2.24, 2.45) is 11.1 Å². The van der Waals surface area contributed by atoms with Gasteiger partial charge in [0.15, 0.2) is 0 Å². The van der Waals surface area contributed by atoms with E-state index in [1.54, 1.807) is 26.0 Å². The minimum atomic E-state index is -0.617. The Bertz CT molecular complexity index is 366. The Morgan fingerprint density at radius 1 is 1.50 bits per heavy atom. The predicted octanol–water partition coefficient (Wildman–Crippen LogP) is 1.85. The first-order chi connectivity index (χ1) is 7.44. The molecule has 90 valence electrons. The summed E-state index contributed by atoms with van der Waals surface area (Å²) in [7, 11) is 1.47. The van der Waals surface area contributed by atoms with Crippen LogP contribution in [0.4, 0.5) is 4.39 Å². The molecule has 0 radical (unpaired) electrons. The zero-order valence-corrected chi connectivity index (χ0v) is 9.83. The Morgan fingerprint density at radius 2 is 2.12 bits per heavy atom. The molecule has 0 aliphatic rings. The fourth-order valence-corrected chi connectivity index (χ4v) is 1.49. The van der Waals surface area contributed by atoms with Crippen LogP contribution in [-0.4, -0.2) is 18.8 Å². The van der Waals surface area contributed by atoms with Gasteiger partial charge >= 0.3 is 0 Å². The molecule has 0 aliphatic heterocycles. The minimum absolute atomic E-state index is 0.119. The highest BCUT2D eigenvalue weighted by atomic mass is 19.1. The van der Waals surface area contributed by atoms with Gasteiger partial charge in [0.25, 0.3) is 0 Å². The molecular weight excluding hydrogens is 209 g/mol. The Balaban J connectivity index is 3.21. The summed E-state index contributed by atoms with van der Waals surface area (Å²) < 4.78 is 18.8. The van der Waals surface area contributed by atoms with Gasteiger partial charge in [0.05, 0.1) is 7.11 Å². The molecule has 0 spiro atoms. The number of hydrogen-bond donors (Lipinski definition) is 2. The molecule has 0 unspecified atom stereocenters. The summed E-state index contributed by atoms with van der Waals surface area (Å²) >= 11 is 0. The molecule has 1 atom stereocenters. The smallest absolute Gasteiger partial charge is 0.131 e. The normalized spacial score (nSPS) is 13.6. The number of aliphatic hydroxyl groups is 1. The number of methoxy groups -OCH3 is 1. The van der Waals surface area contributed by atoms with E-state index in [9.17, 15) is 9.50 Å². The average Bonchev–Trinajstić information content (AvgIpc) is 2.27. The van der Waals surface area contributed by atoms with E-state index in [2.05, 4.69) is 0 Å². The second kappa shape index (κ2) is 4.80. The van der Waals surface area contributed by atoms with Crippen LogP contribution in [-0.2, 0) is 0 Å². The molecule has 0 aromatic heterocycles. The standard InChI is InChI=1S/C12H18FNO2/c1-12(2,7-15)11(14)10-8(13)5-4-6-9(10)16-3/h4-6,11,15H,7,14H2,1-3H3/t11-/m0/s1. The third-order valence-electron chi connectivity index (χ3n) is 2.79. The van der Waals surface area contributed by atoms with Gasteiger partial charge in [0.2, 0.25) is 0 Å². The van der Waals surface area contributed by atoms with Crippen molar-refractivity contribution < 1.29 is 14.2 Å². The van der Waals surface area contributed by atoms with Crippen molar-refractivity contribution in [1.82, 2.24) is 0 Å². The van der Waals surface area contributed by atoms with Crippen LogP contribution in [0.2, 0.25) is 0 Å². The molecule has 0 aliphatic carbocycles. The first kappa shape index (κ1) is 12.9. The minimum Gasteiger partial charge on any atom is -0.496 e. The lowest BCUT2D eigenvalue weighted by atomic mass is 9.81. The van der Waals surface area contributed by atoms with Gasteiger partial charge in [-0.2, -0.15) is 0 Å². The maximum atomic E-state index is 13.7.